The van der Waals surface area contributed by atoms with Gasteiger partial charge in [0.05, 0.1) is 40.6 Å². The number of halogens is 5. The van der Waals surface area contributed by atoms with Crippen molar-refractivity contribution in [1.82, 2.24) is 4.98 Å². The highest BCUT2D eigenvalue weighted by Crippen LogP contribution is 2.38. The number of anilines is 2. The van der Waals surface area contributed by atoms with Crippen molar-refractivity contribution in [3.05, 3.63) is 83.6 Å². The molecule has 1 fully saturated rings. The maximum absolute atomic E-state index is 13.8. The number of carbonyl (C=O) groups is 1. The van der Waals surface area contributed by atoms with E-state index in [0.29, 0.717) is 16.8 Å². The van der Waals surface area contributed by atoms with E-state index in [-0.39, 0.29) is 41.8 Å². The number of aromatic nitrogens is 1. The summed E-state index contributed by atoms with van der Waals surface area (Å²) in [7, 11) is -3.34. The van der Waals surface area contributed by atoms with E-state index in [1.807, 2.05) is 0 Å². The Kier molecular flexibility index (Phi) is 8.24. The molecule has 6 nitrogen and oxygen atoms in total. The van der Waals surface area contributed by atoms with Crippen molar-refractivity contribution in [3.63, 3.8) is 0 Å². The van der Waals surface area contributed by atoms with Gasteiger partial charge >= 0.3 is 6.18 Å². The fourth-order valence-electron chi connectivity index (χ4n) is 4.56. The molecule has 1 aliphatic rings. The van der Waals surface area contributed by atoms with Gasteiger partial charge in [-0.15, -0.1) is 0 Å². The molecule has 1 aliphatic heterocycles. The molecule has 0 bridgehead atoms. The number of amides is 1. The van der Waals surface area contributed by atoms with E-state index in [9.17, 15) is 35.2 Å². The quantitative estimate of drug-likeness (QED) is 0.353. The molecule has 1 aromatic heterocycles. The summed E-state index contributed by atoms with van der Waals surface area (Å²) in [6.07, 6.45) is -5.78. The number of hydrogen-bond acceptors (Lipinski definition) is 5. The van der Waals surface area contributed by atoms with Crippen LogP contribution in [0.15, 0.2) is 71.8 Å². The van der Waals surface area contributed by atoms with Crippen LogP contribution in [0.3, 0.4) is 0 Å². The molecule has 0 saturated carbocycles. The van der Waals surface area contributed by atoms with Crippen molar-refractivity contribution in [3.8, 4) is 0 Å². The highest BCUT2D eigenvalue weighted by Gasteiger charge is 2.39. The molecule has 4 rings (SSSR count). The van der Waals surface area contributed by atoms with Crippen molar-refractivity contribution >= 4 is 27.2 Å². The Hall–Kier alpha value is -3.54. The van der Waals surface area contributed by atoms with Gasteiger partial charge in [-0.25, -0.2) is 22.2 Å². The van der Waals surface area contributed by atoms with Crippen molar-refractivity contribution in [2.45, 2.75) is 49.2 Å². The van der Waals surface area contributed by atoms with Crippen LogP contribution in [0.5, 0.6) is 0 Å². The molecule has 0 aliphatic carbocycles. The summed E-state index contributed by atoms with van der Waals surface area (Å²) in [6, 6.07) is 12.4. The van der Waals surface area contributed by atoms with Gasteiger partial charge in [0.25, 0.3) is 6.43 Å². The average Bonchev–Trinajstić information content (AvgIpc) is 3.35. The summed E-state index contributed by atoms with van der Waals surface area (Å²) >= 11 is 0. The molecule has 0 spiro atoms. The first-order chi connectivity index (χ1) is 18.4. The Morgan fingerprint density at radius 3 is 2.26 bits per heavy atom. The normalized spacial score (nSPS) is 18.0. The Balaban J connectivity index is 1.40. The number of hydrogen-bond donors (Lipinski definition) is 1. The van der Waals surface area contributed by atoms with Crippen LogP contribution in [0.1, 0.15) is 36.0 Å². The SMILES string of the molecule is CCS(=O)(=O)c1ccc(CC(=O)Nc2ccc(N3CC(c4ccc(C(F)(F)F)cc4)C[C@H]3C(F)F)nc2)cc1. The molecule has 0 radical (unpaired) electrons. The summed E-state index contributed by atoms with van der Waals surface area (Å²) in [6.45, 7) is 1.70. The number of pyridine rings is 1. The summed E-state index contributed by atoms with van der Waals surface area (Å²) in [5, 5.41) is 2.67. The van der Waals surface area contributed by atoms with E-state index in [0.717, 1.165) is 12.1 Å². The Bertz CT molecular complexity index is 1390. The largest absolute Gasteiger partial charge is 0.416 e. The number of nitrogens with zero attached hydrogens (tertiary/aromatic N) is 2. The molecule has 2 aromatic carbocycles. The van der Waals surface area contributed by atoms with Crippen LogP contribution in [-0.2, 0) is 27.2 Å². The lowest BCUT2D eigenvalue weighted by atomic mass is 9.95. The molecule has 1 amide bonds. The second kappa shape index (κ2) is 11.3. The lowest BCUT2D eigenvalue weighted by Gasteiger charge is -2.25. The van der Waals surface area contributed by atoms with Crippen molar-refractivity contribution < 1.29 is 35.2 Å². The van der Waals surface area contributed by atoms with E-state index in [1.165, 1.54) is 47.5 Å². The van der Waals surface area contributed by atoms with Crippen molar-refractivity contribution in [2.75, 3.05) is 22.5 Å². The number of rotatable bonds is 8. The first-order valence-corrected chi connectivity index (χ1v) is 13.8. The second-order valence-electron chi connectivity index (χ2n) is 9.28. The van der Waals surface area contributed by atoms with Crippen LogP contribution >= 0.6 is 0 Å². The number of sulfone groups is 1. The minimum Gasteiger partial charge on any atom is -0.347 e. The lowest BCUT2D eigenvalue weighted by Crippen LogP contribution is -2.35. The smallest absolute Gasteiger partial charge is 0.347 e. The van der Waals surface area contributed by atoms with Gasteiger partial charge in [-0.2, -0.15) is 13.2 Å². The zero-order valence-corrected chi connectivity index (χ0v) is 21.6. The number of nitrogens with one attached hydrogen (secondary N) is 1. The maximum Gasteiger partial charge on any atom is 0.416 e. The van der Waals surface area contributed by atoms with E-state index in [2.05, 4.69) is 10.3 Å². The fourth-order valence-corrected chi connectivity index (χ4v) is 5.44. The maximum atomic E-state index is 13.8. The van der Waals surface area contributed by atoms with Crippen molar-refractivity contribution in [2.24, 2.45) is 0 Å². The zero-order valence-electron chi connectivity index (χ0n) is 20.8. The van der Waals surface area contributed by atoms with E-state index in [4.69, 9.17) is 0 Å². The summed E-state index contributed by atoms with van der Waals surface area (Å²) < 4.78 is 90.2. The van der Waals surface area contributed by atoms with Crippen LogP contribution in [0.4, 0.5) is 33.5 Å². The van der Waals surface area contributed by atoms with Gasteiger partial charge < -0.3 is 10.2 Å². The Labute approximate surface area is 222 Å². The molecule has 1 saturated heterocycles. The monoisotopic (exact) mass is 567 g/mol. The molecule has 2 atom stereocenters. The minimum absolute atomic E-state index is 0.0113. The van der Waals surface area contributed by atoms with Crippen LogP contribution < -0.4 is 10.2 Å². The third-order valence-corrected chi connectivity index (χ3v) is 8.45. The zero-order chi connectivity index (χ0) is 28.4. The standard InChI is InChI=1S/C27H26F5N3O3S/c1-2-39(37,38)22-10-3-17(4-11-22)13-25(36)34-21-9-12-24(33-15-21)35-16-19(14-23(35)26(28)29)18-5-7-20(8-6-18)27(30,31)32/h3-12,15,19,23,26H,2,13-14,16H2,1H3,(H,34,36)/t19?,23-/m0/s1. The number of carbonyl (C=O) groups excluding carboxylic acids is 1. The third-order valence-electron chi connectivity index (χ3n) is 6.70. The van der Waals surface area contributed by atoms with Gasteiger partial charge in [-0.05, 0) is 53.9 Å². The molecule has 2 heterocycles. The van der Waals surface area contributed by atoms with E-state index >= 15 is 0 Å². The lowest BCUT2D eigenvalue weighted by molar-refractivity contribution is -0.137. The minimum atomic E-state index is -4.48. The van der Waals surface area contributed by atoms with E-state index in [1.54, 1.807) is 19.1 Å². The van der Waals surface area contributed by atoms with Gasteiger partial charge in [-0.1, -0.05) is 31.2 Å². The third kappa shape index (κ3) is 6.73. The molecular weight excluding hydrogens is 541 g/mol. The molecule has 1 unspecified atom stereocenters. The molecule has 3 aromatic rings. The average molecular weight is 568 g/mol. The summed E-state index contributed by atoms with van der Waals surface area (Å²) in [5.41, 5.74) is 0.701. The van der Waals surface area contributed by atoms with Gasteiger partial charge in [0, 0.05) is 12.5 Å². The highest BCUT2D eigenvalue weighted by atomic mass is 32.2. The Morgan fingerprint density at radius 1 is 1.05 bits per heavy atom. The first-order valence-electron chi connectivity index (χ1n) is 12.2. The predicted octanol–water partition coefficient (Wildman–Crippen LogP) is 5.70. The van der Waals surface area contributed by atoms with Crippen LogP contribution in [0.2, 0.25) is 0 Å². The molecular formula is C27H26F5N3O3S. The molecule has 39 heavy (non-hydrogen) atoms. The van der Waals surface area contributed by atoms with Crippen LogP contribution in [0.25, 0.3) is 0 Å². The predicted molar refractivity (Wildman–Crippen MR) is 137 cm³/mol. The number of benzene rings is 2. The summed E-state index contributed by atoms with van der Waals surface area (Å²) in [5.74, 6) is -0.530. The first kappa shape index (κ1) is 28.5. The van der Waals surface area contributed by atoms with Gasteiger partial charge in [-0.3, -0.25) is 4.79 Å². The fraction of sp³-hybridized carbons (Fsp3) is 0.333. The van der Waals surface area contributed by atoms with Gasteiger partial charge in [0.15, 0.2) is 9.84 Å². The number of alkyl halides is 5. The second-order valence-corrected chi connectivity index (χ2v) is 11.6. The molecule has 208 valence electrons. The topological polar surface area (TPSA) is 79.4 Å². The van der Waals surface area contributed by atoms with Gasteiger partial charge in [0.2, 0.25) is 5.91 Å². The Morgan fingerprint density at radius 2 is 1.72 bits per heavy atom. The molecule has 1 N–H and O–H groups in total. The van der Waals surface area contributed by atoms with Gasteiger partial charge in [0.1, 0.15) is 5.82 Å². The van der Waals surface area contributed by atoms with Crippen LogP contribution in [-0.4, -0.2) is 44.1 Å². The molecule has 12 heteroatoms. The summed E-state index contributed by atoms with van der Waals surface area (Å²) in [4.78, 5) is 18.3. The highest BCUT2D eigenvalue weighted by molar-refractivity contribution is 7.91. The van der Waals surface area contributed by atoms with E-state index < -0.39 is 40.0 Å². The van der Waals surface area contributed by atoms with Crippen molar-refractivity contribution in [1.29, 1.82) is 0 Å². The van der Waals surface area contributed by atoms with Crippen LogP contribution in [0, 0.1) is 0 Å².